The molecule has 0 atom stereocenters. The Balaban J connectivity index is 1.16. The minimum atomic E-state index is 0.609. The molecule has 5 nitrogen and oxygen atoms in total. The van der Waals surface area contributed by atoms with Gasteiger partial charge in [0.1, 0.15) is 17.8 Å². The number of benzene rings is 8. The molecule has 0 saturated heterocycles. The van der Waals surface area contributed by atoms with Crippen molar-refractivity contribution in [1.82, 2.24) is 19.9 Å². The Labute approximate surface area is 318 Å². The van der Waals surface area contributed by atoms with Crippen molar-refractivity contribution in [1.29, 1.82) is 0 Å². The van der Waals surface area contributed by atoms with Gasteiger partial charge in [0.05, 0.1) is 5.70 Å². The largest absolute Gasteiger partial charge is 0.321 e. The van der Waals surface area contributed by atoms with Gasteiger partial charge in [0, 0.05) is 23.4 Å². The molecule has 3 heterocycles. The summed E-state index contributed by atoms with van der Waals surface area (Å²) >= 11 is 0. The van der Waals surface area contributed by atoms with E-state index >= 15 is 0 Å². The van der Waals surface area contributed by atoms with Crippen molar-refractivity contribution < 1.29 is 0 Å². The maximum Gasteiger partial charge on any atom is 0.182 e. The normalized spacial score (nSPS) is 14.2. The van der Waals surface area contributed by atoms with E-state index < -0.39 is 0 Å². The summed E-state index contributed by atoms with van der Waals surface area (Å²) in [5, 5.41) is 9.45. The second-order valence-electron chi connectivity index (χ2n) is 14.0. The third-order valence-electron chi connectivity index (χ3n) is 10.9. The van der Waals surface area contributed by atoms with Crippen LogP contribution < -0.4 is 4.90 Å². The van der Waals surface area contributed by atoms with Crippen molar-refractivity contribution >= 4 is 65.7 Å². The fourth-order valence-electron chi connectivity index (χ4n) is 8.52. The van der Waals surface area contributed by atoms with E-state index in [1.54, 1.807) is 6.33 Å². The zero-order chi connectivity index (χ0) is 36.3. The summed E-state index contributed by atoms with van der Waals surface area (Å²) in [4.78, 5) is 20.0. The minimum Gasteiger partial charge on any atom is -0.321 e. The number of nitrogens with zero attached hydrogens (tertiary/aromatic N) is 5. The van der Waals surface area contributed by atoms with Gasteiger partial charge in [-0.1, -0.05) is 152 Å². The van der Waals surface area contributed by atoms with Crippen LogP contribution in [0.2, 0.25) is 0 Å². The molecule has 0 bridgehead atoms. The lowest BCUT2D eigenvalue weighted by molar-refractivity contribution is 0.548. The van der Waals surface area contributed by atoms with Crippen molar-refractivity contribution in [2.75, 3.05) is 11.4 Å². The number of hydrogen-bond donors (Lipinski definition) is 0. The Kier molecular flexibility index (Phi) is 7.17. The molecule has 9 aromatic rings. The lowest BCUT2D eigenvalue weighted by Gasteiger charge is -2.30. The molecule has 2 aliphatic rings. The van der Waals surface area contributed by atoms with E-state index in [2.05, 4.69) is 192 Å². The molecule has 0 N–H and O–H groups in total. The van der Waals surface area contributed by atoms with Crippen LogP contribution >= 0.6 is 0 Å². The van der Waals surface area contributed by atoms with Crippen LogP contribution in [0.5, 0.6) is 0 Å². The highest BCUT2D eigenvalue weighted by atomic mass is 15.4. The Bertz CT molecular complexity index is 2970. The molecule has 0 aliphatic carbocycles. The average Bonchev–Trinajstić information content (AvgIpc) is 3.60. The minimum absolute atomic E-state index is 0.609. The van der Waals surface area contributed by atoms with Gasteiger partial charge in [0.2, 0.25) is 0 Å². The highest BCUT2D eigenvalue weighted by Crippen LogP contribution is 2.48. The lowest BCUT2D eigenvalue weighted by atomic mass is 9.90. The van der Waals surface area contributed by atoms with Gasteiger partial charge >= 0.3 is 0 Å². The molecule has 0 fully saturated rings. The van der Waals surface area contributed by atoms with Crippen LogP contribution in [0.3, 0.4) is 0 Å². The number of rotatable bonds is 5. The predicted octanol–water partition coefficient (Wildman–Crippen LogP) is 11.7. The first-order chi connectivity index (χ1) is 27.3. The van der Waals surface area contributed by atoms with E-state index in [4.69, 9.17) is 15.0 Å². The first-order valence-electron chi connectivity index (χ1n) is 18.7. The molecule has 0 unspecified atom stereocenters. The molecule has 2 aliphatic heterocycles. The number of aromatic nitrogens is 3. The van der Waals surface area contributed by atoms with Crippen molar-refractivity contribution in [3.05, 3.63) is 211 Å². The van der Waals surface area contributed by atoms with Gasteiger partial charge in [-0.15, -0.1) is 0 Å². The number of allylic oxidation sites excluding steroid dienone is 2. The van der Waals surface area contributed by atoms with Gasteiger partial charge in [-0.25, -0.2) is 15.0 Å². The molecule has 258 valence electrons. The van der Waals surface area contributed by atoms with Gasteiger partial charge < -0.3 is 4.90 Å². The molecule has 0 saturated carbocycles. The molecule has 55 heavy (non-hydrogen) atoms. The Morgan fingerprint density at radius 3 is 1.53 bits per heavy atom. The smallest absolute Gasteiger partial charge is 0.182 e. The first-order valence-corrected chi connectivity index (χ1v) is 18.7. The SMILES string of the molecule is C1=C(c2c3ccccc3cc3ccccc23)C=C2N(C1)C(c1ccccc1)=C(c1ncnc(-c3c4ccccc4cc4ccccc34)n1)N2c1ccccc1. The van der Waals surface area contributed by atoms with E-state index in [0.29, 0.717) is 18.2 Å². The topological polar surface area (TPSA) is 45.2 Å². The highest BCUT2D eigenvalue weighted by molar-refractivity contribution is 6.13. The van der Waals surface area contributed by atoms with Gasteiger partial charge in [0.25, 0.3) is 0 Å². The molecule has 8 aromatic carbocycles. The molecule has 5 heteroatoms. The first kappa shape index (κ1) is 31.2. The summed E-state index contributed by atoms with van der Waals surface area (Å²) in [6, 6.07) is 60.2. The average molecular weight is 704 g/mol. The second kappa shape index (κ2) is 12.6. The highest BCUT2D eigenvalue weighted by Gasteiger charge is 2.39. The van der Waals surface area contributed by atoms with Crippen molar-refractivity contribution in [3.8, 4) is 11.4 Å². The number of hydrogen-bond acceptors (Lipinski definition) is 5. The Morgan fingerprint density at radius 1 is 0.455 bits per heavy atom. The van der Waals surface area contributed by atoms with Crippen LogP contribution in [0.1, 0.15) is 17.0 Å². The third kappa shape index (κ3) is 5.05. The summed E-state index contributed by atoms with van der Waals surface area (Å²) in [7, 11) is 0. The monoisotopic (exact) mass is 703 g/mol. The Hall–Kier alpha value is -7.37. The van der Waals surface area contributed by atoms with Crippen LogP contribution in [0, 0.1) is 0 Å². The van der Waals surface area contributed by atoms with Crippen LogP contribution in [0.15, 0.2) is 194 Å². The fourth-order valence-corrected chi connectivity index (χ4v) is 8.52. The van der Waals surface area contributed by atoms with Crippen LogP contribution in [0.25, 0.3) is 71.4 Å². The van der Waals surface area contributed by atoms with Gasteiger partial charge in [0.15, 0.2) is 11.6 Å². The van der Waals surface area contributed by atoms with Gasteiger partial charge in [-0.2, -0.15) is 0 Å². The summed E-state index contributed by atoms with van der Waals surface area (Å²) < 4.78 is 0. The lowest BCUT2D eigenvalue weighted by Crippen LogP contribution is -2.28. The molecular formula is C50H33N5. The Morgan fingerprint density at radius 2 is 0.945 bits per heavy atom. The van der Waals surface area contributed by atoms with E-state index in [1.165, 1.54) is 32.7 Å². The standard InChI is InChI=1S/C50H33N5/c1-3-15-33(16-4-1)47-48(50-52-32-51-49(53-50)46-42-25-13-9-19-36(42)30-37-20-10-14-26-43(37)46)55(39-21-5-2-6-22-39)44-31-38(27-28-54(44)47)45-40-23-11-7-17-34(40)29-35-18-8-12-24-41(35)45/h1-27,29-32H,28H2. The van der Waals surface area contributed by atoms with Crippen LogP contribution in [-0.4, -0.2) is 26.4 Å². The summed E-state index contributed by atoms with van der Waals surface area (Å²) in [5.74, 6) is 2.30. The number of para-hydroxylation sites is 1. The fraction of sp³-hybridized carbons (Fsp3) is 0.0200. The number of fused-ring (bicyclic) bond motifs is 5. The van der Waals surface area contributed by atoms with E-state index in [-0.39, 0.29) is 0 Å². The van der Waals surface area contributed by atoms with Crippen molar-refractivity contribution in [2.24, 2.45) is 0 Å². The molecule has 0 spiro atoms. The van der Waals surface area contributed by atoms with E-state index in [1.807, 2.05) is 0 Å². The van der Waals surface area contributed by atoms with Crippen LogP contribution in [0.4, 0.5) is 5.69 Å². The maximum atomic E-state index is 5.40. The van der Waals surface area contributed by atoms with E-state index in [0.717, 1.165) is 55.6 Å². The van der Waals surface area contributed by atoms with Gasteiger partial charge in [-0.05, 0) is 84.6 Å². The van der Waals surface area contributed by atoms with Crippen molar-refractivity contribution in [2.45, 2.75) is 0 Å². The molecule has 11 rings (SSSR count). The molecule has 1 aromatic heterocycles. The van der Waals surface area contributed by atoms with E-state index in [9.17, 15) is 0 Å². The molecular weight excluding hydrogens is 671 g/mol. The van der Waals surface area contributed by atoms with Crippen LogP contribution in [-0.2, 0) is 0 Å². The third-order valence-corrected chi connectivity index (χ3v) is 10.9. The maximum absolute atomic E-state index is 5.40. The summed E-state index contributed by atoms with van der Waals surface area (Å²) in [6.45, 7) is 0.668. The summed E-state index contributed by atoms with van der Waals surface area (Å²) in [5.41, 5.74) is 7.52. The molecule has 0 radical (unpaired) electrons. The summed E-state index contributed by atoms with van der Waals surface area (Å²) in [6.07, 6.45) is 6.39. The number of anilines is 1. The van der Waals surface area contributed by atoms with Crippen molar-refractivity contribution in [3.63, 3.8) is 0 Å². The zero-order valence-electron chi connectivity index (χ0n) is 29.8. The van der Waals surface area contributed by atoms with Gasteiger partial charge in [-0.3, -0.25) is 4.90 Å². The predicted molar refractivity (Wildman–Crippen MR) is 227 cm³/mol. The zero-order valence-corrected chi connectivity index (χ0v) is 29.8. The molecule has 0 amide bonds. The quantitative estimate of drug-likeness (QED) is 0.167. The second-order valence-corrected chi connectivity index (χ2v) is 14.0.